The first kappa shape index (κ1) is 20.7. The SMILES string of the molecule is CN1N=C(C(C)(C)C)C(/N=N/c2ccc3c(O)c(N)c(S(=O)(=O)O)cc3c2)C1=O. The highest BCUT2D eigenvalue weighted by Gasteiger charge is 2.40. The number of nitrogens with zero attached hydrogens (tertiary/aromatic N) is 4. The summed E-state index contributed by atoms with van der Waals surface area (Å²) in [5.41, 5.74) is 5.68. The summed E-state index contributed by atoms with van der Waals surface area (Å²) in [5, 5.41) is 24.4. The van der Waals surface area contributed by atoms with Gasteiger partial charge in [0.05, 0.1) is 17.1 Å². The zero-order chi connectivity index (χ0) is 21.7. The lowest BCUT2D eigenvalue weighted by atomic mass is 9.86. The normalized spacial score (nSPS) is 18.1. The van der Waals surface area contributed by atoms with E-state index in [1.54, 1.807) is 7.05 Å². The van der Waals surface area contributed by atoms with E-state index in [1.807, 2.05) is 20.8 Å². The van der Waals surface area contributed by atoms with Gasteiger partial charge in [-0.1, -0.05) is 20.8 Å². The van der Waals surface area contributed by atoms with Crippen molar-refractivity contribution in [1.29, 1.82) is 0 Å². The highest BCUT2D eigenvalue weighted by molar-refractivity contribution is 7.86. The first-order valence-corrected chi connectivity index (χ1v) is 10.0. The average Bonchev–Trinajstić information content (AvgIpc) is 2.90. The highest BCUT2D eigenvalue weighted by atomic mass is 32.2. The number of hydrogen-bond acceptors (Lipinski definition) is 8. The smallest absolute Gasteiger partial charge is 0.296 e. The maximum atomic E-state index is 12.3. The van der Waals surface area contributed by atoms with E-state index < -0.39 is 32.5 Å². The number of benzene rings is 2. The molecule has 4 N–H and O–H groups in total. The Bertz CT molecular complexity index is 1180. The maximum absolute atomic E-state index is 12.3. The van der Waals surface area contributed by atoms with Crippen molar-refractivity contribution in [3.05, 3.63) is 24.3 Å². The van der Waals surface area contributed by atoms with Gasteiger partial charge in [-0.3, -0.25) is 9.35 Å². The molecule has 1 aliphatic rings. The van der Waals surface area contributed by atoms with Crippen LogP contribution in [0, 0.1) is 5.41 Å². The Labute approximate surface area is 167 Å². The van der Waals surface area contributed by atoms with Crippen LogP contribution in [0.1, 0.15) is 20.8 Å². The van der Waals surface area contributed by atoms with Crippen molar-refractivity contribution < 1.29 is 22.9 Å². The molecule has 154 valence electrons. The number of likely N-dealkylation sites (N-methyl/N-ethyl adjacent to an activating group) is 1. The molecule has 1 aliphatic heterocycles. The largest absolute Gasteiger partial charge is 0.505 e. The standard InChI is InChI=1S/C18H21N5O5S/c1-18(2,3)16-14(17(25)23(4)22-16)21-20-10-5-6-11-9(7-10)8-12(29(26,27)28)13(19)15(11)24/h5-8,14,24H,19H2,1-4H3,(H,26,27,28)/b21-20+. The van der Waals surface area contributed by atoms with E-state index in [0.29, 0.717) is 11.4 Å². The fourth-order valence-electron chi connectivity index (χ4n) is 2.99. The molecule has 0 saturated heterocycles. The number of anilines is 1. The van der Waals surface area contributed by atoms with Crippen LogP contribution in [0.3, 0.4) is 0 Å². The molecule has 11 heteroatoms. The number of amides is 1. The fourth-order valence-corrected chi connectivity index (χ4v) is 3.64. The van der Waals surface area contributed by atoms with Crippen LogP contribution < -0.4 is 5.73 Å². The number of hydrogen-bond donors (Lipinski definition) is 3. The third kappa shape index (κ3) is 3.78. The Morgan fingerprint density at radius 2 is 1.90 bits per heavy atom. The molecule has 3 rings (SSSR count). The second kappa shape index (κ2) is 6.78. The molecule has 1 unspecified atom stereocenters. The summed E-state index contributed by atoms with van der Waals surface area (Å²) in [7, 11) is -3.08. The van der Waals surface area contributed by atoms with Gasteiger partial charge < -0.3 is 10.8 Å². The van der Waals surface area contributed by atoms with Crippen LogP contribution in [0.15, 0.2) is 44.5 Å². The molecule has 0 spiro atoms. The number of nitrogen functional groups attached to an aromatic ring is 1. The molecular formula is C18H21N5O5S. The van der Waals surface area contributed by atoms with Gasteiger partial charge in [-0.15, -0.1) is 0 Å². The molecule has 0 fully saturated rings. The zero-order valence-electron chi connectivity index (χ0n) is 16.3. The van der Waals surface area contributed by atoms with Gasteiger partial charge in [0.1, 0.15) is 10.6 Å². The first-order chi connectivity index (χ1) is 13.3. The maximum Gasteiger partial charge on any atom is 0.296 e. The van der Waals surface area contributed by atoms with Crippen LogP contribution >= 0.6 is 0 Å². The summed E-state index contributed by atoms with van der Waals surface area (Å²) in [5.74, 6) is -0.771. The number of hydrazone groups is 1. The van der Waals surface area contributed by atoms with Crippen molar-refractivity contribution in [2.24, 2.45) is 20.7 Å². The molecule has 0 aliphatic carbocycles. The van der Waals surface area contributed by atoms with E-state index >= 15 is 0 Å². The van der Waals surface area contributed by atoms with Crippen molar-refractivity contribution in [1.82, 2.24) is 5.01 Å². The predicted octanol–water partition coefficient (Wildman–Crippen LogP) is 2.70. The van der Waals surface area contributed by atoms with Crippen molar-refractivity contribution in [2.45, 2.75) is 31.7 Å². The molecule has 1 atom stereocenters. The summed E-state index contributed by atoms with van der Waals surface area (Å²) in [4.78, 5) is 11.7. The number of nitrogens with two attached hydrogens (primary N) is 1. The first-order valence-electron chi connectivity index (χ1n) is 8.61. The van der Waals surface area contributed by atoms with Gasteiger partial charge in [0.25, 0.3) is 16.0 Å². The Morgan fingerprint density at radius 1 is 1.24 bits per heavy atom. The lowest BCUT2D eigenvalue weighted by molar-refractivity contribution is -0.128. The summed E-state index contributed by atoms with van der Waals surface area (Å²) in [6.45, 7) is 5.75. The third-order valence-electron chi connectivity index (χ3n) is 4.50. The Balaban J connectivity index is 2.04. The molecule has 0 saturated carbocycles. The van der Waals surface area contributed by atoms with Crippen molar-refractivity contribution >= 4 is 43.9 Å². The van der Waals surface area contributed by atoms with Gasteiger partial charge in [-0.25, -0.2) is 5.01 Å². The van der Waals surface area contributed by atoms with Gasteiger partial charge in [0, 0.05) is 17.8 Å². The van der Waals surface area contributed by atoms with Gasteiger partial charge in [-0.2, -0.15) is 23.7 Å². The Kier molecular flexibility index (Phi) is 4.83. The number of carbonyl (C=O) groups is 1. The molecule has 0 aromatic heterocycles. The minimum absolute atomic E-state index is 0.278. The van der Waals surface area contributed by atoms with Gasteiger partial charge in [0.15, 0.2) is 6.04 Å². The van der Waals surface area contributed by atoms with E-state index in [4.69, 9.17) is 5.73 Å². The van der Waals surface area contributed by atoms with E-state index in [2.05, 4.69) is 15.3 Å². The Hall–Kier alpha value is -3.05. The van der Waals surface area contributed by atoms with Crippen LogP contribution in [-0.4, -0.2) is 47.8 Å². The molecule has 10 nitrogen and oxygen atoms in total. The monoisotopic (exact) mass is 419 g/mol. The molecule has 1 heterocycles. The minimum atomic E-state index is -4.63. The summed E-state index contributed by atoms with van der Waals surface area (Å²) in [6, 6.07) is 4.77. The van der Waals surface area contributed by atoms with Crippen LogP contribution in [0.4, 0.5) is 11.4 Å². The molecular weight excluding hydrogens is 398 g/mol. The Morgan fingerprint density at radius 3 is 2.48 bits per heavy atom. The summed E-state index contributed by atoms with van der Waals surface area (Å²) >= 11 is 0. The van der Waals surface area contributed by atoms with E-state index in [1.165, 1.54) is 23.2 Å². The molecule has 0 bridgehead atoms. The number of rotatable bonds is 3. The van der Waals surface area contributed by atoms with Gasteiger partial charge in [0.2, 0.25) is 0 Å². The number of phenolic OH excluding ortho intramolecular Hbond substituents is 1. The van der Waals surface area contributed by atoms with Gasteiger partial charge in [-0.05, 0) is 29.7 Å². The predicted molar refractivity (Wildman–Crippen MR) is 108 cm³/mol. The van der Waals surface area contributed by atoms with Crippen LogP contribution in [0.25, 0.3) is 10.8 Å². The minimum Gasteiger partial charge on any atom is -0.505 e. The van der Waals surface area contributed by atoms with E-state index in [9.17, 15) is 22.9 Å². The molecule has 1 amide bonds. The molecule has 2 aromatic rings. The number of phenols is 1. The van der Waals surface area contributed by atoms with Crippen LogP contribution in [0.5, 0.6) is 5.75 Å². The highest BCUT2D eigenvalue weighted by Crippen LogP contribution is 2.38. The van der Waals surface area contributed by atoms with E-state index in [-0.39, 0.29) is 22.1 Å². The second-order valence-corrected chi connectivity index (χ2v) is 9.12. The number of azo groups is 1. The quantitative estimate of drug-likeness (QED) is 0.300. The van der Waals surface area contributed by atoms with Crippen LogP contribution in [-0.2, 0) is 14.9 Å². The molecule has 0 radical (unpaired) electrons. The number of carbonyl (C=O) groups excluding carboxylic acids is 1. The average molecular weight is 419 g/mol. The molecule has 2 aromatic carbocycles. The summed E-state index contributed by atoms with van der Waals surface area (Å²) in [6.07, 6.45) is 0. The third-order valence-corrected chi connectivity index (χ3v) is 5.40. The summed E-state index contributed by atoms with van der Waals surface area (Å²) < 4.78 is 32.3. The van der Waals surface area contributed by atoms with Crippen molar-refractivity contribution in [2.75, 3.05) is 12.8 Å². The van der Waals surface area contributed by atoms with Crippen molar-refractivity contribution in [3.8, 4) is 5.75 Å². The van der Waals surface area contributed by atoms with Crippen LogP contribution in [0.2, 0.25) is 0 Å². The van der Waals surface area contributed by atoms with Crippen molar-refractivity contribution in [3.63, 3.8) is 0 Å². The number of fused-ring (bicyclic) bond motifs is 1. The lowest BCUT2D eigenvalue weighted by Crippen LogP contribution is -2.34. The topological polar surface area (TPSA) is 158 Å². The molecule has 29 heavy (non-hydrogen) atoms. The second-order valence-electron chi connectivity index (χ2n) is 7.73. The lowest BCUT2D eigenvalue weighted by Gasteiger charge is -2.19. The van der Waals surface area contributed by atoms with E-state index in [0.717, 1.165) is 6.07 Å². The van der Waals surface area contributed by atoms with Gasteiger partial charge >= 0.3 is 0 Å². The zero-order valence-corrected chi connectivity index (χ0v) is 17.1. The number of aromatic hydroxyl groups is 1. The fraction of sp³-hybridized carbons (Fsp3) is 0.333.